The minimum Gasteiger partial charge on any atom is -0.395 e. The van der Waals surface area contributed by atoms with Crippen LogP contribution in [0.25, 0.3) is 0 Å². The first-order valence-electron chi connectivity index (χ1n) is 7.05. The maximum absolute atomic E-state index is 8.94. The zero-order chi connectivity index (χ0) is 14.2. The summed E-state index contributed by atoms with van der Waals surface area (Å²) in [6, 6.07) is 2.06. The zero-order valence-electron chi connectivity index (χ0n) is 11.7. The molecule has 0 bridgehead atoms. The van der Waals surface area contributed by atoms with Crippen LogP contribution in [0.4, 0.5) is 0 Å². The molecule has 0 unspecified atom stereocenters. The van der Waals surface area contributed by atoms with Crippen molar-refractivity contribution in [3.05, 3.63) is 21.9 Å². The monoisotopic (exact) mass is 294 g/mol. The lowest BCUT2D eigenvalue weighted by molar-refractivity contribution is 0.109. The Kier molecular flexibility index (Phi) is 6.51. The van der Waals surface area contributed by atoms with E-state index < -0.39 is 0 Å². The molecule has 0 saturated carbocycles. The fourth-order valence-corrected chi connectivity index (χ4v) is 3.18. The normalized spacial score (nSPS) is 16.9. The number of thiophene rings is 1. The quantitative estimate of drug-likeness (QED) is 0.781. The van der Waals surface area contributed by atoms with Gasteiger partial charge in [-0.2, -0.15) is 0 Å². The van der Waals surface area contributed by atoms with Crippen molar-refractivity contribution in [3.63, 3.8) is 0 Å². The molecule has 1 saturated heterocycles. The number of hydrogen-bond acceptors (Lipinski definition) is 5. The Bertz CT molecular complexity index is 456. The highest BCUT2D eigenvalue weighted by Gasteiger charge is 2.17. The molecule has 0 aliphatic carbocycles. The molecule has 1 fully saturated rings. The summed E-state index contributed by atoms with van der Waals surface area (Å²) >= 11 is 1.75. The first kappa shape index (κ1) is 15.5. The van der Waals surface area contributed by atoms with Gasteiger partial charge in [0.1, 0.15) is 0 Å². The van der Waals surface area contributed by atoms with Crippen molar-refractivity contribution >= 4 is 11.3 Å². The lowest BCUT2D eigenvalue weighted by Gasteiger charge is -2.34. The number of rotatable bonds is 5. The van der Waals surface area contributed by atoms with Gasteiger partial charge in [-0.1, -0.05) is 11.8 Å². The molecule has 0 radical (unpaired) electrons. The van der Waals surface area contributed by atoms with Gasteiger partial charge in [0.05, 0.1) is 13.2 Å². The lowest BCUT2D eigenvalue weighted by Crippen LogP contribution is -2.46. The van der Waals surface area contributed by atoms with Gasteiger partial charge in [-0.15, -0.1) is 11.3 Å². The van der Waals surface area contributed by atoms with Gasteiger partial charge in [0, 0.05) is 56.1 Å². The highest BCUT2D eigenvalue weighted by Crippen LogP contribution is 2.19. The van der Waals surface area contributed by atoms with Gasteiger partial charge in [0.15, 0.2) is 0 Å². The van der Waals surface area contributed by atoms with Crippen LogP contribution in [-0.2, 0) is 6.54 Å². The second kappa shape index (κ2) is 8.40. The average Bonchev–Trinajstić information content (AvgIpc) is 2.89. The molecule has 4 nitrogen and oxygen atoms in total. The van der Waals surface area contributed by atoms with E-state index in [1.54, 1.807) is 11.3 Å². The first-order valence-corrected chi connectivity index (χ1v) is 7.93. The molecule has 1 aliphatic heterocycles. The smallest absolute Gasteiger partial charge is 0.0558 e. The third-order valence-corrected chi connectivity index (χ3v) is 4.36. The van der Waals surface area contributed by atoms with Gasteiger partial charge in [0.2, 0.25) is 0 Å². The fourth-order valence-electron chi connectivity index (χ4n) is 2.30. The molecule has 2 heterocycles. The van der Waals surface area contributed by atoms with E-state index in [9.17, 15) is 0 Å². The molecule has 2 N–H and O–H groups in total. The molecule has 1 aliphatic rings. The van der Waals surface area contributed by atoms with E-state index in [0.717, 1.165) is 44.8 Å². The molecule has 1 aromatic heterocycles. The Balaban J connectivity index is 1.86. The molecule has 5 heteroatoms. The number of piperazine rings is 1. The van der Waals surface area contributed by atoms with Gasteiger partial charge in [-0.3, -0.25) is 9.80 Å². The van der Waals surface area contributed by atoms with Crippen LogP contribution >= 0.6 is 11.3 Å². The number of hydrogen-bond donors (Lipinski definition) is 2. The van der Waals surface area contributed by atoms with Crippen molar-refractivity contribution in [1.82, 2.24) is 9.80 Å². The largest absolute Gasteiger partial charge is 0.395 e. The third kappa shape index (κ3) is 4.58. The number of nitrogens with zero attached hydrogens (tertiary/aromatic N) is 2. The molecular formula is C15H22N2O2S. The van der Waals surface area contributed by atoms with Gasteiger partial charge >= 0.3 is 0 Å². The Morgan fingerprint density at radius 2 is 1.85 bits per heavy atom. The summed E-state index contributed by atoms with van der Waals surface area (Å²) in [5, 5.41) is 19.8. The second-order valence-corrected chi connectivity index (χ2v) is 5.87. The third-order valence-electron chi connectivity index (χ3n) is 3.45. The Labute approximate surface area is 124 Å². The summed E-state index contributed by atoms with van der Waals surface area (Å²) in [7, 11) is 0. The van der Waals surface area contributed by atoms with E-state index in [1.165, 1.54) is 4.88 Å². The molecule has 110 valence electrons. The Morgan fingerprint density at radius 3 is 2.55 bits per heavy atom. The summed E-state index contributed by atoms with van der Waals surface area (Å²) in [5.74, 6) is 6.13. The predicted molar refractivity (Wildman–Crippen MR) is 81.7 cm³/mol. The predicted octanol–water partition coefficient (Wildman–Crippen LogP) is 0.592. The topological polar surface area (TPSA) is 46.9 Å². The van der Waals surface area contributed by atoms with Crippen molar-refractivity contribution in [2.24, 2.45) is 0 Å². The molecule has 0 spiro atoms. The molecule has 2 rings (SSSR count). The van der Waals surface area contributed by atoms with Crippen molar-refractivity contribution in [1.29, 1.82) is 0 Å². The van der Waals surface area contributed by atoms with Gasteiger partial charge in [-0.05, 0) is 11.4 Å². The highest BCUT2D eigenvalue weighted by atomic mass is 32.1. The minimum absolute atomic E-state index is 0.124. The summed E-state index contributed by atoms with van der Waals surface area (Å²) < 4.78 is 0. The highest BCUT2D eigenvalue weighted by molar-refractivity contribution is 7.10. The van der Waals surface area contributed by atoms with Crippen molar-refractivity contribution in [2.45, 2.75) is 13.0 Å². The van der Waals surface area contributed by atoms with Crippen LogP contribution in [0.5, 0.6) is 0 Å². The average molecular weight is 294 g/mol. The van der Waals surface area contributed by atoms with Gasteiger partial charge < -0.3 is 10.2 Å². The Morgan fingerprint density at radius 1 is 1.10 bits per heavy atom. The number of aliphatic hydroxyl groups is 2. The minimum atomic E-state index is 0.124. The summed E-state index contributed by atoms with van der Waals surface area (Å²) in [6.45, 7) is 6.24. The SMILES string of the molecule is OCCC#Cc1ccsc1CN1CCN(CCO)CC1. The maximum Gasteiger partial charge on any atom is 0.0558 e. The van der Waals surface area contributed by atoms with E-state index in [4.69, 9.17) is 10.2 Å². The molecular weight excluding hydrogens is 272 g/mol. The summed E-state index contributed by atoms with van der Waals surface area (Å²) in [6.07, 6.45) is 0.537. The standard InChI is InChI=1S/C15H22N2O2S/c18-10-2-1-3-14-4-12-20-15(14)13-17-7-5-16(6-8-17)9-11-19/h4,12,18-19H,2,5-11,13H2. The van der Waals surface area contributed by atoms with Crippen LogP contribution in [0, 0.1) is 11.8 Å². The van der Waals surface area contributed by atoms with Crippen LogP contribution in [0.3, 0.4) is 0 Å². The van der Waals surface area contributed by atoms with E-state index in [0.29, 0.717) is 6.42 Å². The van der Waals surface area contributed by atoms with Gasteiger partial charge in [-0.25, -0.2) is 0 Å². The molecule has 0 atom stereocenters. The summed E-state index contributed by atoms with van der Waals surface area (Å²) in [4.78, 5) is 6.05. The molecule has 1 aromatic rings. The maximum atomic E-state index is 8.94. The van der Waals surface area contributed by atoms with Crippen LogP contribution in [0.1, 0.15) is 16.9 Å². The van der Waals surface area contributed by atoms with Crippen LogP contribution in [0.15, 0.2) is 11.4 Å². The number of β-amino-alcohol motifs (C(OH)–C–C–N with tert-alkyl or cyclic N) is 1. The van der Waals surface area contributed by atoms with Crippen molar-refractivity contribution in [3.8, 4) is 11.8 Å². The molecule has 0 aromatic carbocycles. The second-order valence-electron chi connectivity index (χ2n) is 4.87. The molecule has 20 heavy (non-hydrogen) atoms. The van der Waals surface area contributed by atoms with Crippen LogP contribution in [-0.4, -0.2) is 66.0 Å². The van der Waals surface area contributed by atoms with E-state index in [1.807, 2.05) is 0 Å². The lowest BCUT2D eigenvalue weighted by atomic mass is 10.2. The van der Waals surface area contributed by atoms with Crippen LogP contribution < -0.4 is 0 Å². The first-order chi connectivity index (χ1) is 9.83. The summed E-state index contributed by atoms with van der Waals surface area (Å²) in [5.41, 5.74) is 1.10. The van der Waals surface area contributed by atoms with Gasteiger partial charge in [0.25, 0.3) is 0 Å². The van der Waals surface area contributed by atoms with E-state index in [-0.39, 0.29) is 13.2 Å². The fraction of sp³-hybridized carbons (Fsp3) is 0.600. The zero-order valence-corrected chi connectivity index (χ0v) is 12.5. The number of aliphatic hydroxyl groups excluding tert-OH is 2. The van der Waals surface area contributed by atoms with Crippen molar-refractivity contribution < 1.29 is 10.2 Å². The van der Waals surface area contributed by atoms with E-state index in [2.05, 4.69) is 33.1 Å². The van der Waals surface area contributed by atoms with Crippen molar-refractivity contribution in [2.75, 3.05) is 45.9 Å². The molecule has 0 amide bonds. The van der Waals surface area contributed by atoms with Crippen LogP contribution in [0.2, 0.25) is 0 Å². The van der Waals surface area contributed by atoms with E-state index >= 15 is 0 Å². The Hall–Kier alpha value is -0.900.